The molecule has 5 heteroatoms. The number of carbonyl (C=O) groups is 1. The third-order valence-electron chi connectivity index (χ3n) is 2.46. The van der Waals surface area contributed by atoms with Gasteiger partial charge in [0.15, 0.2) is 0 Å². The summed E-state index contributed by atoms with van der Waals surface area (Å²) >= 11 is 0. The molecule has 0 aliphatic rings. The van der Waals surface area contributed by atoms with Crippen LogP contribution in [0.4, 0.5) is 0 Å². The summed E-state index contributed by atoms with van der Waals surface area (Å²) < 4.78 is 0. The summed E-state index contributed by atoms with van der Waals surface area (Å²) in [6.45, 7) is 0.273. The average molecular weight is 233 g/mol. The van der Waals surface area contributed by atoms with Crippen LogP contribution in [-0.2, 0) is 11.2 Å². The number of hydrogen-bond acceptors (Lipinski definition) is 3. The molecule has 1 aromatic carbocycles. The number of aryl methyl sites for hydroxylation is 1. The first-order chi connectivity index (χ1) is 8.29. The van der Waals surface area contributed by atoms with Crippen LogP contribution in [0.25, 0.3) is 11.0 Å². The minimum atomic E-state index is -0.0699. The highest BCUT2D eigenvalue weighted by Crippen LogP contribution is 2.11. The first-order valence-corrected chi connectivity index (χ1v) is 5.61. The summed E-state index contributed by atoms with van der Waals surface area (Å²) in [6, 6.07) is 7.76. The highest BCUT2D eigenvalue weighted by Gasteiger charge is 2.05. The van der Waals surface area contributed by atoms with Gasteiger partial charge in [0.2, 0.25) is 5.91 Å². The number of aliphatic hydroxyl groups excluding tert-OH is 1. The molecule has 1 aromatic heterocycles. The van der Waals surface area contributed by atoms with E-state index in [9.17, 15) is 4.79 Å². The third kappa shape index (κ3) is 3.04. The summed E-state index contributed by atoms with van der Waals surface area (Å²) in [5.74, 6) is 0.741. The van der Waals surface area contributed by atoms with Crippen molar-refractivity contribution in [2.75, 3.05) is 13.2 Å². The van der Waals surface area contributed by atoms with E-state index in [4.69, 9.17) is 5.11 Å². The zero-order chi connectivity index (χ0) is 12.1. The normalized spacial score (nSPS) is 10.6. The van der Waals surface area contributed by atoms with Crippen LogP contribution in [0, 0.1) is 0 Å². The highest BCUT2D eigenvalue weighted by molar-refractivity contribution is 5.77. The predicted octanol–water partition coefficient (Wildman–Crippen LogP) is 0.604. The first-order valence-electron chi connectivity index (χ1n) is 5.61. The van der Waals surface area contributed by atoms with Crippen LogP contribution in [0.3, 0.4) is 0 Å². The van der Waals surface area contributed by atoms with Crippen LogP contribution >= 0.6 is 0 Å². The molecular weight excluding hydrogens is 218 g/mol. The first kappa shape index (κ1) is 11.6. The Morgan fingerprint density at radius 3 is 3.00 bits per heavy atom. The predicted molar refractivity (Wildman–Crippen MR) is 64.5 cm³/mol. The number of rotatable bonds is 5. The van der Waals surface area contributed by atoms with Crippen molar-refractivity contribution in [2.24, 2.45) is 0 Å². The van der Waals surface area contributed by atoms with Crippen molar-refractivity contribution in [3.8, 4) is 0 Å². The fourth-order valence-electron chi connectivity index (χ4n) is 1.64. The zero-order valence-corrected chi connectivity index (χ0v) is 9.44. The molecule has 0 aliphatic heterocycles. The Kier molecular flexibility index (Phi) is 3.72. The maximum absolute atomic E-state index is 11.3. The summed E-state index contributed by atoms with van der Waals surface area (Å²) in [4.78, 5) is 18.9. The molecule has 1 heterocycles. The number of nitrogens with zero attached hydrogens (tertiary/aromatic N) is 1. The van der Waals surface area contributed by atoms with E-state index in [0.29, 0.717) is 19.4 Å². The summed E-state index contributed by atoms with van der Waals surface area (Å²) in [5, 5.41) is 11.2. The van der Waals surface area contributed by atoms with Crippen LogP contribution in [0.2, 0.25) is 0 Å². The van der Waals surface area contributed by atoms with Crippen molar-refractivity contribution >= 4 is 16.9 Å². The molecule has 0 unspecified atom stereocenters. The lowest BCUT2D eigenvalue weighted by molar-refractivity contribution is -0.121. The third-order valence-corrected chi connectivity index (χ3v) is 2.46. The number of H-pyrrole nitrogens is 1. The van der Waals surface area contributed by atoms with Gasteiger partial charge in [0.1, 0.15) is 5.82 Å². The number of imidazole rings is 1. The van der Waals surface area contributed by atoms with Crippen LogP contribution < -0.4 is 5.32 Å². The molecule has 2 rings (SSSR count). The van der Waals surface area contributed by atoms with Crippen LogP contribution in [0.1, 0.15) is 12.2 Å². The molecule has 0 aliphatic carbocycles. The number of nitrogens with one attached hydrogen (secondary N) is 2. The largest absolute Gasteiger partial charge is 0.395 e. The molecule has 2 aromatic rings. The van der Waals surface area contributed by atoms with Crippen molar-refractivity contribution in [1.29, 1.82) is 0 Å². The molecule has 0 spiro atoms. The Labute approximate surface area is 98.9 Å². The second kappa shape index (κ2) is 5.45. The monoisotopic (exact) mass is 233 g/mol. The van der Waals surface area contributed by atoms with Crippen LogP contribution in [0.5, 0.6) is 0 Å². The van der Waals surface area contributed by atoms with Crippen LogP contribution in [0.15, 0.2) is 24.3 Å². The lowest BCUT2D eigenvalue weighted by Crippen LogP contribution is -2.26. The molecule has 3 N–H and O–H groups in total. The molecule has 17 heavy (non-hydrogen) atoms. The van der Waals surface area contributed by atoms with Gasteiger partial charge in [-0.3, -0.25) is 4.79 Å². The molecular formula is C12H15N3O2. The van der Waals surface area contributed by atoms with Gasteiger partial charge in [-0.1, -0.05) is 12.1 Å². The van der Waals surface area contributed by atoms with Gasteiger partial charge in [0, 0.05) is 19.4 Å². The van der Waals surface area contributed by atoms with E-state index >= 15 is 0 Å². The lowest BCUT2D eigenvalue weighted by atomic mass is 10.3. The van der Waals surface area contributed by atoms with Gasteiger partial charge in [0.05, 0.1) is 17.6 Å². The molecule has 0 bridgehead atoms. The van der Waals surface area contributed by atoms with Gasteiger partial charge >= 0.3 is 0 Å². The molecule has 0 saturated carbocycles. The Morgan fingerprint density at radius 2 is 2.24 bits per heavy atom. The van der Waals surface area contributed by atoms with E-state index in [1.165, 1.54) is 0 Å². The van der Waals surface area contributed by atoms with Crippen molar-refractivity contribution in [3.63, 3.8) is 0 Å². The highest BCUT2D eigenvalue weighted by atomic mass is 16.3. The minimum absolute atomic E-state index is 0.0314. The van der Waals surface area contributed by atoms with Crippen molar-refractivity contribution in [3.05, 3.63) is 30.1 Å². The number of benzene rings is 1. The number of amides is 1. The number of aliphatic hydroxyl groups is 1. The zero-order valence-electron chi connectivity index (χ0n) is 9.44. The van der Waals surface area contributed by atoms with E-state index in [1.807, 2.05) is 24.3 Å². The molecule has 0 radical (unpaired) electrons. The Balaban J connectivity index is 1.92. The molecule has 0 fully saturated rings. The number of aromatic nitrogens is 2. The van der Waals surface area contributed by atoms with Gasteiger partial charge < -0.3 is 15.4 Å². The van der Waals surface area contributed by atoms with E-state index < -0.39 is 0 Å². The maximum atomic E-state index is 11.3. The number of aromatic amines is 1. The average Bonchev–Trinajstić information content (AvgIpc) is 2.76. The molecule has 1 amide bonds. The standard InChI is InChI=1S/C12H15N3O2/c16-8-7-13-12(17)6-5-11-14-9-3-1-2-4-10(9)15-11/h1-4,16H,5-8H2,(H,13,17)(H,14,15). The van der Waals surface area contributed by atoms with Crippen molar-refractivity contribution in [1.82, 2.24) is 15.3 Å². The summed E-state index contributed by atoms with van der Waals surface area (Å²) in [5.41, 5.74) is 1.90. The second-order valence-corrected chi connectivity index (χ2v) is 3.77. The second-order valence-electron chi connectivity index (χ2n) is 3.77. The van der Waals surface area contributed by atoms with Crippen molar-refractivity contribution in [2.45, 2.75) is 12.8 Å². The molecule has 90 valence electrons. The van der Waals surface area contributed by atoms with Gasteiger partial charge in [-0.25, -0.2) is 4.98 Å². The topological polar surface area (TPSA) is 78.0 Å². The van der Waals surface area contributed by atoms with E-state index in [-0.39, 0.29) is 12.5 Å². The summed E-state index contributed by atoms with van der Waals surface area (Å²) in [7, 11) is 0. The van der Waals surface area contributed by atoms with Gasteiger partial charge in [-0.2, -0.15) is 0 Å². The lowest BCUT2D eigenvalue weighted by Gasteiger charge is -2.00. The number of para-hydroxylation sites is 2. The molecule has 5 nitrogen and oxygen atoms in total. The van der Waals surface area contributed by atoms with E-state index in [2.05, 4.69) is 15.3 Å². The molecule has 0 saturated heterocycles. The number of hydrogen-bond donors (Lipinski definition) is 3. The minimum Gasteiger partial charge on any atom is -0.395 e. The number of carbonyl (C=O) groups excluding carboxylic acids is 1. The van der Waals surface area contributed by atoms with Crippen LogP contribution in [-0.4, -0.2) is 34.1 Å². The Morgan fingerprint density at radius 1 is 1.41 bits per heavy atom. The Bertz CT molecular complexity index is 474. The number of fused-ring (bicyclic) bond motifs is 1. The van der Waals surface area contributed by atoms with E-state index in [0.717, 1.165) is 16.9 Å². The SMILES string of the molecule is O=C(CCc1nc2ccccc2[nH]1)NCCO. The smallest absolute Gasteiger partial charge is 0.220 e. The maximum Gasteiger partial charge on any atom is 0.220 e. The quantitative estimate of drug-likeness (QED) is 0.707. The fraction of sp³-hybridized carbons (Fsp3) is 0.333. The van der Waals surface area contributed by atoms with Gasteiger partial charge in [0.25, 0.3) is 0 Å². The van der Waals surface area contributed by atoms with Gasteiger partial charge in [-0.05, 0) is 12.1 Å². The molecule has 0 atom stereocenters. The Hall–Kier alpha value is -1.88. The van der Waals surface area contributed by atoms with Crippen molar-refractivity contribution < 1.29 is 9.90 Å². The summed E-state index contributed by atoms with van der Waals surface area (Å²) in [6.07, 6.45) is 0.950. The fourth-order valence-corrected chi connectivity index (χ4v) is 1.64. The van der Waals surface area contributed by atoms with Gasteiger partial charge in [-0.15, -0.1) is 0 Å². The van der Waals surface area contributed by atoms with E-state index in [1.54, 1.807) is 0 Å².